The van der Waals surface area contributed by atoms with Crippen molar-refractivity contribution in [3.8, 4) is 17.4 Å². The lowest BCUT2D eigenvalue weighted by molar-refractivity contribution is 0.0700. The van der Waals surface area contributed by atoms with Crippen molar-refractivity contribution in [2.45, 2.75) is 39.3 Å². The van der Waals surface area contributed by atoms with Gasteiger partial charge in [-0.2, -0.15) is 9.67 Å². The van der Waals surface area contributed by atoms with Crippen molar-refractivity contribution in [2.75, 3.05) is 13.2 Å². The minimum atomic E-state index is -1.14. The Morgan fingerprint density at radius 2 is 2.04 bits per heavy atom. The highest BCUT2D eigenvalue weighted by molar-refractivity contribution is 9.10. The summed E-state index contributed by atoms with van der Waals surface area (Å²) >= 11 is 3.24. The van der Waals surface area contributed by atoms with Crippen LogP contribution in [0.25, 0.3) is 11.4 Å². The number of aromatic nitrogens is 3. The molecule has 0 bridgehead atoms. The van der Waals surface area contributed by atoms with Crippen LogP contribution in [-0.2, 0) is 11.5 Å². The molecule has 1 heterocycles. The molecule has 1 aromatic heterocycles. The zero-order valence-electron chi connectivity index (χ0n) is 14.5. The summed E-state index contributed by atoms with van der Waals surface area (Å²) in [5.41, 5.74) is 0.333. The van der Waals surface area contributed by atoms with Crippen molar-refractivity contribution in [1.29, 1.82) is 0 Å². The van der Waals surface area contributed by atoms with E-state index in [1.165, 1.54) is 10.7 Å². The number of halogens is 2. The van der Waals surface area contributed by atoms with Crippen LogP contribution in [0.1, 0.15) is 6.92 Å². The highest BCUT2D eigenvalue weighted by atomic mass is 79.9. The van der Waals surface area contributed by atoms with Gasteiger partial charge in [-0.05, 0) is 31.2 Å². The summed E-state index contributed by atoms with van der Waals surface area (Å²) in [7, 11) is -1.14. The molecule has 0 radical (unpaired) electrons. The third-order valence-electron chi connectivity index (χ3n) is 3.29. The third-order valence-corrected chi connectivity index (χ3v) is 5.49. The molecule has 0 saturated carbocycles. The molecule has 132 valence electrons. The van der Waals surface area contributed by atoms with Gasteiger partial charge in [0.25, 0.3) is 0 Å². The van der Waals surface area contributed by atoms with Gasteiger partial charge in [0, 0.05) is 19.2 Å². The van der Waals surface area contributed by atoms with Gasteiger partial charge in [0.05, 0.1) is 12.2 Å². The summed E-state index contributed by atoms with van der Waals surface area (Å²) in [6, 6.07) is 6.19. The molecule has 0 aliphatic heterocycles. The SMILES string of the molecule is CCOc1nc(-c2ccc(Br)cc2F)nn1COCC[Si](C)(C)C. The summed E-state index contributed by atoms with van der Waals surface area (Å²) in [5.74, 6) is -0.0959. The fourth-order valence-corrected chi connectivity index (χ4v) is 3.05. The largest absolute Gasteiger partial charge is 0.464 e. The molecule has 0 saturated heterocycles. The van der Waals surface area contributed by atoms with Gasteiger partial charge in [0.2, 0.25) is 0 Å². The minimum absolute atomic E-state index is 0.241. The Balaban J connectivity index is 2.14. The Hall–Kier alpha value is -1.25. The third kappa shape index (κ3) is 5.39. The van der Waals surface area contributed by atoms with E-state index in [1.54, 1.807) is 12.1 Å². The van der Waals surface area contributed by atoms with Crippen molar-refractivity contribution >= 4 is 24.0 Å². The molecule has 0 unspecified atom stereocenters. The number of hydrogen-bond donors (Lipinski definition) is 0. The van der Waals surface area contributed by atoms with Crippen molar-refractivity contribution < 1.29 is 13.9 Å². The van der Waals surface area contributed by atoms with Crippen molar-refractivity contribution in [1.82, 2.24) is 14.8 Å². The van der Waals surface area contributed by atoms with Crippen LogP contribution in [-0.4, -0.2) is 36.1 Å². The summed E-state index contributed by atoms with van der Waals surface area (Å²) < 4.78 is 27.5. The van der Waals surface area contributed by atoms with Gasteiger partial charge < -0.3 is 9.47 Å². The average molecular weight is 416 g/mol. The predicted octanol–water partition coefficient (Wildman–Crippen LogP) is 4.56. The van der Waals surface area contributed by atoms with Crippen LogP contribution in [0.3, 0.4) is 0 Å². The maximum absolute atomic E-state index is 14.1. The number of benzene rings is 1. The van der Waals surface area contributed by atoms with Gasteiger partial charge >= 0.3 is 6.01 Å². The van der Waals surface area contributed by atoms with E-state index in [0.29, 0.717) is 29.3 Å². The van der Waals surface area contributed by atoms with Crippen LogP contribution < -0.4 is 4.74 Å². The van der Waals surface area contributed by atoms with Gasteiger partial charge in [-0.1, -0.05) is 35.6 Å². The van der Waals surface area contributed by atoms with E-state index >= 15 is 0 Å². The molecule has 0 aliphatic rings. The first-order valence-electron chi connectivity index (χ1n) is 7.91. The van der Waals surface area contributed by atoms with E-state index in [4.69, 9.17) is 9.47 Å². The van der Waals surface area contributed by atoms with Gasteiger partial charge in [-0.3, -0.25) is 0 Å². The standard InChI is InChI=1S/C16H23BrFN3O2Si/c1-5-23-16-19-15(13-7-6-12(17)10-14(13)18)20-21(16)11-22-8-9-24(2,3)4/h6-7,10H,5,8-9,11H2,1-4H3. The Morgan fingerprint density at radius 3 is 2.67 bits per heavy atom. The average Bonchev–Trinajstić information content (AvgIpc) is 2.86. The molecule has 0 spiro atoms. The first-order valence-corrected chi connectivity index (χ1v) is 12.4. The van der Waals surface area contributed by atoms with Crippen LogP contribution in [0.4, 0.5) is 4.39 Å². The van der Waals surface area contributed by atoms with E-state index in [-0.39, 0.29) is 18.4 Å². The van der Waals surface area contributed by atoms with Crippen molar-refractivity contribution in [2.24, 2.45) is 0 Å². The summed E-state index contributed by atoms with van der Waals surface area (Å²) in [5, 5.41) is 4.34. The fourth-order valence-electron chi connectivity index (χ4n) is 1.96. The molecular formula is C16H23BrFN3O2Si. The van der Waals surface area contributed by atoms with E-state index in [0.717, 1.165) is 6.04 Å². The van der Waals surface area contributed by atoms with E-state index in [2.05, 4.69) is 45.7 Å². The quantitative estimate of drug-likeness (QED) is 0.468. The second-order valence-corrected chi connectivity index (χ2v) is 13.2. The highest BCUT2D eigenvalue weighted by Gasteiger charge is 2.17. The molecule has 0 atom stereocenters. The monoisotopic (exact) mass is 415 g/mol. The van der Waals surface area contributed by atoms with Crippen LogP contribution in [0.15, 0.2) is 22.7 Å². The zero-order chi connectivity index (χ0) is 17.7. The fraction of sp³-hybridized carbons (Fsp3) is 0.500. The van der Waals surface area contributed by atoms with Crippen LogP contribution in [0, 0.1) is 5.82 Å². The molecular weight excluding hydrogens is 393 g/mol. The lowest BCUT2D eigenvalue weighted by atomic mass is 10.2. The number of ether oxygens (including phenoxy) is 2. The molecule has 0 fully saturated rings. The first-order chi connectivity index (χ1) is 11.3. The zero-order valence-corrected chi connectivity index (χ0v) is 17.1. The second kappa shape index (κ2) is 8.22. The topological polar surface area (TPSA) is 49.2 Å². The van der Waals surface area contributed by atoms with Crippen LogP contribution in [0.2, 0.25) is 25.7 Å². The van der Waals surface area contributed by atoms with Crippen molar-refractivity contribution in [3.63, 3.8) is 0 Å². The maximum atomic E-state index is 14.1. The predicted molar refractivity (Wildman–Crippen MR) is 98.4 cm³/mol. The lowest BCUT2D eigenvalue weighted by Gasteiger charge is -2.15. The number of rotatable bonds is 8. The second-order valence-electron chi connectivity index (χ2n) is 6.62. The smallest absolute Gasteiger partial charge is 0.317 e. The summed E-state index contributed by atoms with van der Waals surface area (Å²) in [4.78, 5) is 4.29. The van der Waals surface area contributed by atoms with Crippen molar-refractivity contribution in [3.05, 3.63) is 28.5 Å². The van der Waals surface area contributed by atoms with Gasteiger partial charge in [-0.15, -0.1) is 5.10 Å². The maximum Gasteiger partial charge on any atom is 0.317 e. The number of nitrogens with zero attached hydrogens (tertiary/aromatic N) is 3. The Bertz CT molecular complexity index is 688. The Labute approximate surface area is 151 Å². The molecule has 24 heavy (non-hydrogen) atoms. The Kier molecular flexibility index (Phi) is 6.53. The molecule has 8 heteroatoms. The van der Waals surface area contributed by atoms with Crippen LogP contribution >= 0.6 is 15.9 Å². The molecule has 0 N–H and O–H groups in total. The highest BCUT2D eigenvalue weighted by Crippen LogP contribution is 2.25. The number of hydrogen-bond acceptors (Lipinski definition) is 4. The van der Waals surface area contributed by atoms with E-state index in [9.17, 15) is 4.39 Å². The molecule has 5 nitrogen and oxygen atoms in total. The van der Waals surface area contributed by atoms with Gasteiger partial charge in [-0.25, -0.2) is 4.39 Å². The summed E-state index contributed by atoms with van der Waals surface area (Å²) in [6.45, 7) is 10.1. The molecule has 0 amide bonds. The molecule has 0 aliphatic carbocycles. The van der Waals surface area contributed by atoms with Gasteiger partial charge in [0.15, 0.2) is 5.82 Å². The van der Waals surface area contributed by atoms with E-state index < -0.39 is 8.07 Å². The lowest BCUT2D eigenvalue weighted by Crippen LogP contribution is -2.22. The van der Waals surface area contributed by atoms with E-state index in [1.807, 2.05) is 6.92 Å². The Morgan fingerprint density at radius 1 is 1.29 bits per heavy atom. The molecule has 2 rings (SSSR count). The molecule has 1 aromatic carbocycles. The summed E-state index contributed by atoms with van der Waals surface area (Å²) in [6.07, 6.45) is 0. The normalized spacial score (nSPS) is 11.8. The first kappa shape index (κ1) is 19.1. The minimum Gasteiger partial charge on any atom is -0.464 e. The van der Waals surface area contributed by atoms with Gasteiger partial charge in [0.1, 0.15) is 12.5 Å². The molecule has 2 aromatic rings. The van der Waals surface area contributed by atoms with Crippen LogP contribution in [0.5, 0.6) is 6.01 Å².